The van der Waals surface area contributed by atoms with E-state index in [1.807, 2.05) is 45.0 Å². The van der Waals surface area contributed by atoms with Gasteiger partial charge in [0.2, 0.25) is 18.2 Å². The first-order chi connectivity index (χ1) is 15.0. The van der Waals surface area contributed by atoms with Gasteiger partial charge in [0.05, 0.1) is 25.7 Å². The Morgan fingerprint density at radius 3 is 2.31 bits per heavy atom. The van der Waals surface area contributed by atoms with Gasteiger partial charge in [0, 0.05) is 6.54 Å². The van der Waals surface area contributed by atoms with Gasteiger partial charge in [-0.15, -0.1) is 0 Å². The summed E-state index contributed by atoms with van der Waals surface area (Å²) in [4.78, 5) is 36.8. The summed E-state index contributed by atoms with van der Waals surface area (Å²) in [6.45, 7) is 6.93. The first-order valence-electron chi connectivity index (χ1n) is 10.8. The van der Waals surface area contributed by atoms with E-state index in [2.05, 4.69) is 10.6 Å². The quantitative estimate of drug-likeness (QED) is 0.204. The van der Waals surface area contributed by atoms with E-state index in [4.69, 9.17) is 9.84 Å². The van der Waals surface area contributed by atoms with Crippen LogP contribution in [0.4, 0.5) is 0 Å². The highest BCUT2D eigenvalue weighted by atomic mass is 16.5. The number of carbonyl (C=O) groups excluding carboxylic acids is 3. The lowest BCUT2D eigenvalue weighted by atomic mass is 9.84. The average Bonchev–Trinajstić information content (AvgIpc) is 2.77. The van der Waals surface area contributed by atoms with Gasteiger partial charge in [0.25, 0.3) is 0 Å². The van der Waals surface area contributed by atoms with Crippen LogP contribution in [0.3, 0.4) is 0 Å². The highest BCUT2D eigenvalue weighted by Crippen LogP contribution is 2.23. The molecule has 0 aliphatic carbocycles. The minimum Gasteiger partial charge on any atom is -0.497 e. The molecule has 0 aromatic heterocycles. The molecule has 0 radical (unpaired) electrons. The van der Waals surface area contributed by atoms with E-state index in [-0.39, 0.29) is 19.6 Å². The number of nitrogens with one attached hydrogen (secondary N) is 2. The highest BCUT2D eigenvalue weighted by molar-refractivity contribution is 5.89. The molecule has 3 amide bonds. The molecule has 0 fully saturated rings. The summed E-state index contributed by atoms with van der Waals surface area (Å²) in [5.41, 5.74) is 0.486. The van der Waals surface area contributed by atoms with E-state index in [9.17, 15) is 19.6 Å². The van der Waals surface area contributed by atoms with Crippen LogP contribution in [-0.2, 0) is 20.8 Å². The highest BCUT2D eigenvalue weighted by Gasteiger charge is 2.36. The van der Waals surface area contributed by atoms with Gasteiger partial charge in [0.1, 0.15) is 11.8 Å². The zero-order valence-electron chi connectivity index (χ0n) is 19.6. The number of aliphatic hydroxyl groups is 1. The van der Waals surface area contributed by atoms with Crippen LogP contribution in [0.2, 0.25) is 0 Å². The van der Waals surface area contributed by atoms with Gasteiger partial charge in [-0.2, -0.15) is 0 Å². The Kier molecular flexibility index (Phi) is 11.1. The minimum absolute atomic E-state index is 0.0819. The number of nitrogens with zero attached hydrogens (tertiary/aromatic N) is 1. The Hall–Kier alpha value is -2.65. The summed E-state index contributed by atoms with van der Waals surface area (Å²) in [5.74, 6) is -0.791. The molecule has 0 bridgehead atoms. The number of aryl methyl sites for hydroxylation is 1. The number of hydrogen-bond acceptors (Lipinski definition) is 6. The summed E-state index contributed by atoms with van der Waals surface area (Å²) in [6.07, 6.45) is 2.01. The van der Waals surface area contributed by atoms with Gasteiger partial charge < -0.3 is 20.5 Å². The van der Waals surface area contributed by atoms with Crippen LogP contribution >= 0.6 is 0 Å². The van der Waals surface area contributed by atoms with Crippen LogP contribution in [0.25, 0.3) is 0 Å². The summed E-state index contributed by atoms with van der Waals surface area (Å²) in [7, 11) is 1.60. The van der Waals surface area contributed by atoms with Crippen molar-refractivity contribution >= 4 is 18.2 Å². The number of amides is 3. The number of benzene rings is 1. The van der Waals surface area contributed by atoms with Gasteiger partial charge in [-0.1, -0.05) is 32.9 Å². The van der Waals surface area contributed by atoms with Crippen molar-refractivity contribution in [3.05, 3.63) is 29.8 Å². The van der Waals surface area contributed by atoms with Gasteiger partial charge in [-0.05, 0) is 49.3 Å². The van der Waals surface area contributed by atoms with Crippen molar-refractivity contribution in [2.75, 3.05) is 20.3 Å². The zero-order chi connectivity index (χ0) is 24.3. The summed E-state index contributed by atoms with van der Waals surface area (Å²) >= 11 is 0. The Labute approximate surface area is 190 Å². The summed E-state index contributed by atoms with van der Waals surface area (Å²) < 4.78 is 5.16. The minimum atomic E-state index is -0.846. The molecule has 0 aliphatic rings. The third kappa shape index (κ3) is 8.47. The summed E-state index contributed by atoms with van der Waals surface area (Å²) in [5, 5.41) is 24.7. The van der Waals surface area contributed by atoms with Crippen LogP contribution in [-0.4, -0.2) is 65.9 Å². The molecule has 4 N–H and O–H groups in total. The number of ether oxygens (including phenoxy) is 1. The van der Waals surface area contributed by atoms with E-state index in [0.29, 0.717) is 24.3 Å². The molecule has 32 heavy (non-hydrogen) atoms. The number of carbonyl (C=O) groups is 3. The fourth-order valence-electron chi connectivity index (χ4n) is 3.40. The lowest BCUT2D eigenvalue weighted by Crippen LogP contribution is -2.56. The Bertz CT molecular complexity index is 732. The first kappa shape index (κ1) is 27.4. The van der Waals surface area contributed by atoms with E-state index in [1.165, 1.54) is 0 Å². The molecule has 0 spiro atoms. The molecular formula is C23H37N3O6. The lowest BCUT2D eigenvalue weighted by Gasteiger charge is -2.33. The molecule has 9 heteroatoms. The van der Waals surface area contributed by atoms with E-state index in [0.717, 1.165) is 11.3 Å². The maximum absolute atomic E-state index is 13.2. The van der Waals surface area contributed by atoms with Crippen LogP contribution in [0.1, 0.15) is 46.1 Å². The third-order valence-corrected chi connectivity index (χ3v) is 5.41. The van der Waals surface area contributed by atoms with Gasteiger partial charge in [-0.3, -0.25) is 19.6 Å². The van der Waals surface area contributed by atoms with E-state index < -0.39 is 35.2 Å². The molecule has 0 saturated heterocycles. The summed E-state index contributed by atoms with van der Waals surface area (Å²) in [6, 6.07) is 6.00. The van der Waals surface area contributed by atoms with Gasteiger partial charge in [0.15, 0.2) is 0 Å². The molecule has 1 aromatic carbocycles. The standard InChI is InChI=1S/C23H37N3O6/c1-16(26(31)15-28)19(8-6-7-17-9-11-18(32-5)12-10-17)21(29)25-20(23(2,3)4)22(30)24-13-14-27/h9-12,15-16,19-20,27,31H,6-8,13-14H2,1-5H3,(H,24,30)(H,25,29). The van der Waals surface area contributed by atoms with Crippen LogP contribution < -0.4 is 15.4 Å². The van der Waals surface area contributed by atoms with Crippen molar-refractivity contribution in [1.82, 2.24) is 15.7 Å². The van der Waals surface area contributed by atoms with Crippen molar-refractivity contribution < 1.29 is 29.4 Å². The lowest BCUT2D eigenvalue weighted by molar-refractivity contribution is -0.166. The van der Waals surface area contributed by atoms with Crippen molar-refractivity contribution in [2.24, 2.45) is 11.3 Å². The predicted octanol–water partition coefficient (Wildman–Crippen LogP) is 1.51. The third-order valence-electron chi connectivity index (χ3n) is 5.41. The van der Waals surface area contributed by atoms with Gasteiger partial charge in [-0.25, -0.2) is 5.06 Å². The fraction of sp³-hybridized carbons (Fsp3) is 0.609. The van der Waals surface area contributed by atoms with Crippen molar-refractivity contribution in [3.8, 4) is 5.75 Å². The molecule has 1 aromatic rings. The van der Waals surface area contributed by atoms with Crippen molar-refractivity contribution in [3.63, 3.8) is 0 Å². The topological polar surface area (TPSA) is 128 Å². The molecule has 0 heterocycles. The van der Waals surface area contributed by atoms with E-state index >= 15 is 0 Å². The number of hydroxylamine groups is 2. The Morgan fingerprint density at radius 2 is 1.81 bits per heavy atom. The normalized spacial score (nSPS) is 14.1. The van der Waals surface area contributed by atoms with Crippen LogP contribution in [0.5, 0.6) is 5.75 Å². The van der Waals surface area contributed by atoms with Crippen molar-refractivity contribution in [2.45, 2.75) is 59.0 Å². The second-order valence-corrected chi connectivity index (χ2v) is 8.90. The Morgan fingerprint density at radius 1 is 1.19 bits per heavy atom. The number of rotatable bonds is 13. The number of hydrogen-bond donors (Lipinski definition) is 4. The van der Waals surface area contributed by atoms with E-state index in [1.54, 1.807) is 14.0 Å². The largest absolute Gasteiger partial charge is 0.497 e. The molecule has 3 atom stereocenters. The number of methoxy groups -OCH3 is 1. The molecule has 0 aliphatic heterocycles. The molecule has 0 saturated carbocycles. The fourth-order valence-corrected chi connectivity index (χ4v) is 3.40. The zero-order valence-corrected chi connectivity index (χ0v) is 19.6. The first-order valence-corrected chi connectivity index (χ1v) is 10.8. The Balaban J connectivity index is 2.93. The smallest absolute Gasteiger partial charge is 0.243 e. The van der Waals surface area contributed by atoms with Crippen molar-refractivity contribution in [1.29, 1.82) is 0 Å². The second-order valence-electron chi connectivity index (χ2n) is 8.90. The predicted molar refractivity (Wildman–Crippen MR) is 120 cm³/mol. The molecule has 3 unspecified atom stereocenters. The molecule has 1 rings (SSSR count). The maximum Gasteiger partial charge on any atom is 0.243 e. The SMILES string of the molecule is COc1ccc(CCCC(C(=O)NC(C(=O)NCCO)C(C)(C)C)C(C)N(O)C=O)cc1. The number of aliphatic hydroxyl groups excluding tert-OH is 1. The van der Waals surface area contributed by atoms with Gasteiger partial charge >= 0.3 is 0 Å². The van der Waals surface area contributed by atoms with Crippen LogP contribution in [0.15, 0.2) is 24.3 Å². The molecule has 9 nitrogen and oxygen atoms in total. The average molecular weight is 452 g/mol. The molecule has 180 valence electrons. The van der Waals surface area contributed by atoms with Crippen LogP contribution in [0, 0.1) is 11.3 Å². The monoisotopic (exact) mass is 451 g/mol. The molecular weight excluding hydrogens is 414 g/mol. The second kappa shape index (κ2) is 13.0. The maximum atomic E-state index is 13.2.